The number of hydrogen-bond donors (Lipinski definition) is 0. The Labute approximate surface area is 67.2 Å². The molecule has 0 aromatic rings. The minimum absolute atomic E-state index is 0.0382. The highest BCUT2D eigenvalue weighted by molar-refractivity contribution is 5.77. The average Bonchev–Trinajstić information content (AvgIpc) is 2.10. The molecule has 2 heteroatoms. The number of cyclic esters (lactones) is 1. The summed E-state index contributed by atoms with van der Waals surface area (Å²) >= 11 is 0. The molecule has 0 bridgehead atoms. The van der Waals surface area contributed by atoms with E-state index in [2.05, 4.69) is 13.8 Å². The number of hydrogen-bond acceptors (Lipinski definition) is 2. The standard InChI is InChI=1S/C9H14O2/c1-6(2)4-8-5-7(3)9(10)11-8/h5-7H,4H2,1-3H3. The molecule has 1 rings (SSSR count). The molecule has 0 saturated heterocycles. The van der Waals surface area contributed by atoms with Crippen molar-refractivity contribution < 1.29 is 9.53 Å². The third-order valence-electron chi connectivity index (χ3n) is 1.65. The quantitative estimate of drug-likeness (QED) is 0.569. The van der Waals surface area contributed by atoms with Gasteiger partial charge in [0.15, 0.2) is 0 Å². The molecule has 0 aliphatic carbocycles. The SMILES string of the molecule is CC(C)CC1=CC(C)C(=O)O1. The molecule has 0 aromatic heterocycles. The van der Waals surface area contributed by atoms with E-state index < -0.39 is 0 Å². The Kier molecular flexibility index (Phi) is 2.32. The first-order valence-corrected chi connectivity index (χ1v) is 4.02. The number of carbonyl (C=O) groups excluding carboxylic acids is 1. The predicted octanol–water partition coefficient (Wildman–Crippen LogP) is 2.11. The number of ether oxygens (including phenoxy) is 1. The fourth-order valence-corrected chi connectivity index (χ4v) is 1.12. The van der Waals surface area contributed by atoms with Crippen molar-refractivity contribution in [2.45, 2.75) is 27.2 Å². The molecule has 1 aliphatic rings. The second kappa shape index (κ2) is 3.07. The first kappa shape index (κ1) is 8.31. The van der Waals surface area contributed by atoms with Gasteiger partial charge in [0, 0.05) is 6.42 Å². The Hall–Kier alpha value is -0.790. The maximum Gasteiger partial charge on any atom is 0.317 e. The van der Waals surface area contributed by atoms with Crippen molar-refractivity contribution in [2.24, 2.45) is 11.8 Å². The Bertz CT molecular complexity index is 192. The molecule has 0 aromatic carbocycles. The topological polar surface area (TPSA) is 26.3 Å². The van der Waals surface area contributed by atoms with Crippen LogP contribution in [-0.2, 0) is 9.53 Å². The van der Waals surface area contributed by atoms with Gasteiger partial charge >= 0.3 is 5.97 Å². The van der Waals surface area contributed by atoms with Gasteiger partial charge in [-0.3, -0.25) is 4.79 Å². The molecule has 1 unspecified atom stereocenters. The van der Waals surface area contributed by atoms with Crippen LogP contribution in [0.4, 0.5) is 0 Å². The molecule has 0 amide bonds. The van der Waals surface area contributed by atoms with Crippen LogP contribution in [-0.4, -0.2) is 5.97 Å². The summed E-state index contributed by atoms with van der Waals surface area (Å²) < 4.78 is 5.01. The molecule has 0 fully saturated rings. The van der Waals surface area contributed by atoms with E-state index >= 15 is 0 Å². The number of allylic oxidation sites excluding steroid dienone is 1. The van der Waals surface area contributed by atoms with E-state index in [-0.39, 0.29) is 11.9 Å². The van der Waals surface area contributed by atoms with Gasteiger partial charge in [-0.05, 0) is 18.9 Å². The number of esters is 1. The Morgan fingerprint density at radius 1 is 1.64 bits per heavy atom. The van der Waals surface area contributed by atoms with Gasteiger partial charge in [-0.2, -0.15) is 0 Å². The van der Waals surface area contributed by atoms with Crippen molar-refractivity contribution in [1.82, 2.24) is 0 Å². The molecule has 0 saturated carbocycles. The van der Waals surface area contributed by atoms with Gasteiger partial charge < -0.3 is 4.74 Å². The van der Waals surface area contributed by atoms with Gasteiger partial charge in [0.05, 0.1) is 5.92 Å². The third-order valence-corrected chi connectivity index (χ3v) is 1.65. The maximum atomic E-state index is 10.9. The van der Waals surface area contributed by atoms with E-state index in [9.17, 15) is 4.79 Å². The molecule has 2 nitrogen and oxygen atoms in total. The van der Waals surface area contributed by atoms with Gasteiger partial charge in [-0.25, -0.2) is 0 Å². The fraction of sp³-hybridized carbons (Fsp3) is 0.667. The molecule has 1 atom stereocenters. The van der Waals surface area contributed by atoms with Crippen molar-refractivity contribution in [1.29, 1.82) is 0 Å². The van der Waals surface area contributed by atoms with Gasteiger partial charge in [-0.1, -0.05) is 13.8 Å². The summed E-state index contributed by atoms with van der Waals surface area (Å²) in [5.41, 5.74) is 0. The van der Waals surface area contributed by atoms with Crippen molar-refractivity contribution in [3.8, 4) is 0 Å². The highest BCUT2D eigenvalue weighted by atomic mass is 16.5. The summed E-state index contributed by atoms with van der Waals surface area (Å²) in [5.74, 6) is 1.25. The molecule has 0 spiro atoms. The molecule has 62 valence electrons. The lowest BCUT2D eigenvalue weighted by molar-refractivity contribution is -0.139. The lowest BCUT2D eigenvalue weighted by atomic mass is 10.1. The smallest absolute Gasteiger partial charge is 0.317 e. The summed E-state index contributed by atoms with van der Waals surface area (Å²) in [6.07, 6.45) is 2.78. The van der Waals surface area contributed by atoms with E-state index in [4.69, 9.17) is 4.74 Å². The van der Waals surface area contributed by atoms with E-state index in [0.717, 1.165) is 12.2 Å². The minimum Gasteiger partial charge on any atom is -0.431 e. The van der Waals surface area contributed by atoms with Crippen LogP contribution < -0.4 is 0 Å². The number of carbonyl (C=O) groups is 1. The molecule has 1 aliphatic heterocycles. The van der Waals surface area contributed by atoms with Crippen LogP contribution >= 0.6 is 0 Å². The molecule has 11 heavy (non-hydrogen) atoms. The van der Waals surface area contributed by atoms with Gasteiger partial charge in [0.1, 0.15) is 5.76 Å². The summed E-state index contributed by atoms with van der Waals surface area (Å²) in [6, 6.07) is 0. The van der Waals surface area contributed by atoms with Crippen LogP contribution in [0.25, 0.3) is 0 Å². The average molecular weight is 154 g/mol. The normalized spacial score (nSPS) is 23.8. The van der Waals surface area contributed by atoms with Crippen molar-refractivity contribution >= 4 is 5.97 Å². The molecular weight excluding hydrogens is 140 g/mol. The summed E-state index contributed by atoms with van der Waals surface area (Å²) in [7, 11) is 0. The van der Waals surface area contributed by atoms with Gasteiger partial charge in [-0.15, -0.1) is 0 Å². The van der Waals surface area contributed by atoms with E-state index in [0.29, 0.717) is 5.92 Å². The monoisotopic (exact) mass is 154 g/mol. The summed E-state index contributed by atoms with van der Waals surface area (Å²) in [4.78, 5) is 10.9. The zero-order chi connectivity index (χ0) is 8.43. The van der Waals surface area contributed by atoms with E-state index in [1.807, 2.05) is 13.0 Å². The highest BCUT2D eigenvalue weighted by Gasteiger charge is 2.22. The fourth-order valence-electron chi connectivity index (χ4n) is 1.12. The lowest BCUT2D eigenvalue weighted by Crippen LogP contribution is -2.03. The Morgan fingerprint density at radius 3 is 2.64 bits per heavy atom. The molecule has 0 N–H and O–H groups in total. The third kappa shape index (κ3) is 2.07. The Balaban J connectivity index is 2.50. The maximum absolute atomic E-state index is 10.9. The predicted molar refractivity (Wildman–Crippen MR) is 42.8 cm³/mol. The molecule has 1 heterocycles. The van der Waals surface area contributed by atoms with E-state index in [1.165, 1.54) is 0 Å². The highest BCUT2D eigenvalue weighted by Crippen LogP contribution is 2.22. The van der Waals surface area contributed by atoms with Gasteiger partial charge in [0.2, 0.25) is 0 Å². The van der Waals surface area contributed by atoms with Crippen LogP contribution in [0.1, 0.15) is 27.2 Å². The van der Waals surface area contributed by atoms with Crippen LogP contribution in [0, 0.1) is 11.8 Å². The molecule has 0 radical (unpaired) electrons. The lowest BCUT2D eigenvalue weighted by Gasteiger charge is -2.03. The van der Waals surface area contributed by atoms with Crippen molar-refractivity contribution in [3.63, 3.8) is 0 Å². The van der Waals surface area contributed by atoms with Crippen LogP contribution in [0.2, 0.25) is 0 Å². The van der Waals surface area contributed by atoms with Crippen molar-refractivity contribution in [2.75, 3.05) is 0 Å². The minimum atomic E-state index is -0.111. The first-order valence-electron chi connectivity index (χ1n) is 4.02. The van der Waals surface area contributed by atoms with Crippen LogP contribution in [0.15, 0.2) is 11.8 Å². The van der Waals surface area contributed by atoms with Crippen LogP contribution in [0.3, 0.4) is 0 Å². The zero-order valence-electron chi connectivity index (χ0n) is 7.26. The number of rotatable bonds is 2. The second-order valence-electron chi connectivity index (χ2n) is 3.44. The van der Waals surface area contributed by atoms with Gasteiger partial charge in [0.25, 0.3) is 0 Å². The second-order valence-corrected chi connectivity index (χ2v) is 3.44. The largest absolute Gasteiger partial charge is 0.431 e. The van der Waals surface area contributed by atoms with Crippen LogP contribution in [0.5, 0.6) is 0 Å². The zero-order valence-corrected chi connectivity index (χ0v) is 7.26. The molecular formula is C9H14O2. The van der Waals surface area contributed by atoms with Crippen molar-refractivity contribution in [3.05, 3.63) is 11.8 Å². The first-order chi connectivity index (χ1) is 5.09. The Morgan fingerprint density at radius 2 is 2.27 bits per heavy atom. The summed E-state index contributed by atoms with van der Waals surface area (Å²) in [6.45, 7) is 6.07. The van der Waals surface area contributed by atoms with E-state index in [1.54, 1.807) is 0 Å². The summed E-state index contributed by atoms with van der Waals surface area (Å²) in [5, 5.41) is 0.